The zero-order chi connectivity index (χ0) is 18.2. The molecule has 0 aliphatic rings. The van der Waals surface area contributed by atoms with Gasteiger partial charge in [-0.05, 0) is 31.5 Å². The zero-order valence-electron chi connectivity index (χ0n) is 14.4. The van der Waals surface area contributed by atoms with Crippen LogP contribution in [0.3, 0.4) is 0 Å². The molecule has 132 valence electrons. The van der Waals surface area contributed by atoms with Crippen LogP contribution in [0.4, 0.5) is 15.9 Å². The summed E-state index contributed by atoms with van der Waals surface area (Å²) in [5.41, 5.74) is 6.58. The molecule has 0 fully saturated rings. The number of unbranched alkanes of at least 4 members (excludes halogenated alkanes) is 1. The molecule has 6 heteroatoms. The summed E-state index contributed by atoms with van der Waals surface area (Å²) in [5.74, 6) is -0.636. The number of carbonyl (C=O) groups excluding carboxylic acids is 1. The predicted molar refractivity (Wildman–Crippen MR) is 97.3 cm³/mol. The van der Waals surface area contributed by atoms with Crippen molar-refractivity contribution in [3.05, 3.63) is 59.6 Å². The third-order valence-electron chi connectivity index (χ3n) is 3.49. The lowest BCUT2D eigenvalue weighted by atomic mass is 10.1. The molecule has 0 aliphatic carbocycles. The average Bonchev–Trinajstić information content (AvgIpc) is 2.58. The van der Waals surface area contributed by atoms with Crippen LogP contribution in [-0.4, -0.2) is 17.5 Å². The van der Waals surface area contributed by atoms with E-state index in [0.717, 1.165) is 12.8 Å². The molecule has 1 aromatic heterocycles. The summed E-state index contributed by atoms with van der Waals surface area (Å²) in [6.45, 7) is 4.10. The first-order valence-corrected chi connectivity index (χ1v) is 8.13. The number of amides is 1. The second-order valence-corrected chi connectivity index (χ2v) is 5.58. The van der Waals surface area contributed by atoms with E-state index in [4.69, 9.17) is 10.5 Å². The number of hydrogen-bond acceptors (Lipinski definition) is 4. The summed E-state index contributed by atoms with van der Waals surface area (Å²) in [5, 5.41) is 2.72. The minimum Gasteiger partial charge on any atom is -0.489 e. The van der Waals surface area contributed by atoms with Crippen LogP contribution in [0.5, 0.6) is 5.75 Å². The van der Waals surface area contributed by atoms with Crippen molar-refractivity contribution in [3.8, 4) is 5.75 Å². The van der Waals surface area contributed by atoms with Crippen LogP contribution in [0.25, 0.3) is 0 Å². The Morgan fingerprint density at radius 2 is 2.16 bits per heavy atom. The summed E-state index contributed by atoms with van der Waals surface area (Å²) < 4.78 is 19.0. The van der Waals surface area contributed by atoms with Gasteiger partial charge in [0.25, 0.3) is 5.91 Å². The van der Waals surface area contributed by atoms with Crippen LogP contribution in [0.15, 0.2) is 42.5 Å². The highest BCUT2D eigenvalue weighted by molar-refractivity contribution is 6.07. The summed E-state index contributed by atoms with van der Waals surface area (Å²) in [7, 11) is 0. The second kappa shape index (κ2) is 8.82. The van der Waals surface area contributed by atoms with E-state index in [-0.39, 0.29) is 16.9 Å². The van der Waals surface area contributed by atoms with Crippen LogP contribution < -0.4 is 15.8 Å². The van der Waals surface area contributed by atoms with Crippen molar-refractivity contribution in [1.29, 1.82) is 0 Å². The molecule has 0 radical (unpaired) electrons. The lowest BCUT2D eigenvalue weighted by Crippen LogP contribution is -2.16. The van der Waals surface area contributed by atoms with Gasteiger partial charge in [-0.15, -0.1) is 0 Å². The van der Waals surface area contributed by atoms with Crippen molar-refractivity contribution < 1.29 is 13.9 Å². The standard InChI is InChI=1S/C19H22FN3O2/c1-3-4-5-6-10-25-15-9-7-8-14(12-15)22-19(24)16-11-13(2)17(20)23-18(16)21/h5-9,11-12H,3-4,10H2,1-2H3,(H2,21,23)(H,22,24). The Kier molecular flexibility index (Phi) is 6.51. The number of pyridine rings is 1. The number of nitrogens with one attached hydrogen (secondary N) is 1. The van der Waals surface area contributed by atoms with Crippen LogP contribution in [0.1, 0.15) is 35.7 Å². The summed E-state index contributed by atoms with van der Waals surface area (Å²) in [4.78, 5) is 15.9. The third-order valence-corrected chi connectivity index (χ3v) is 3.49. The molecule has 0 spiro atoms. The van der Waals surface area contributed by atoms with E-state index in [0.29, 0.717) is 18.0 Å². The van der Waals surface area contributed by atoms with Crippen molar-refractivity contribution in [2.75, 3.05) is 17.7 Å². The molecule has 5 nitrogen and oxygen atoms in total. The number of aromatic nitrogens is 1. The maximum Gasteiger partial charge on any atom is 0.259 e. The molecule has 2 aromatic rings. The fraction of sp³-hybridized carbons (Fsp3) is 0.263. The first-order chi connectivity index (χ1) is 12.0. The molecule has 0 saturated heterocycles. The van der Waals surface area contributed by atoms with Gasteiger partial charge in [0.15, 0.2) is 0 Å². The van der Waals surface area contributed by atoms with Crippen LogP contribution in [0, 0.1) is 12.9 Å². The number of nitrogens with two attached hydrogens (primary N) is 1. The second-order valence-electron chi connectivity index (χ2n) is 5.58. The SMILES string of the molecule is CCCC=CCOc1cccc(NC(=O)c2cc(C)c(F)nc2N)c1. The first kappa shape index (κ1) is 18.4. The molecule has 0 unspecified atom stereocenters. The fourth-order valence-electron chi connectivity index (χ4n) is 2.14. The number of aryl methyl sites for hydroxylation is 1. The number of rotatable bonds is 7. The summed E-state index contributed by atoms with van der Waals surface area (Å²) in [6, 6.07) is 8.41. The Bertz CT molecular complexity index is 775. The van der Waals surface area contributed by atoms with Crippen LogP contribution >= 0.6 is 0 Å². The summed E-state index contributed by atoms with van der Waals surface area (Å²) in [6.07, 6.45) is 6.14. The largest absolute Gasteiger partial charge is 0.489 e. The van der Waals surface area contributed by atoms with Gasteiger partial charge in [-0.1, -0.05) is 31.6 Å². The smallest absolute Gasteiger partial charge is 0.259 e. The van der Waals surface area contributed by atoms with Gasteiger partial charge in [0, 0.05) is 17.3 Å². The van der Waals surface area contributed by atoms with Crippen molar-refractivity contribution in [3.63, 3.8) is 0 Å². The summed E-state index contributed by atoms with van der Waals surface area (Å²) >= 11 is 0. The number of nitrogens with zero attached hydrogens (tertiary/aromatic N) is 1. The van der Waals surface area contributed by atoms with Gasteiger partial charge in [0.2, 0.25) is 5.95 Å². The van der Waals surface area contributed by atoms with E-state index in [1.165, 1.54) is 13.0 Å². The normalized spacial score (nSPS) is 10.8. The van der Waals surface area contributed by atoms with Gasteiger partial charge >= 0.3 is 0 Å². The van der Waals surface area contributed by atoms with Gasteiger partial charge in [0.05, 0.1) is 5.56 Å². The van der Waals surface area contributed by atoms with E-state index in [1.54, 1.807) is 24.3 Å². The Morgan fingerprint density at radius 3 is 2.92 bits per heavy atom. The molecule has 25 heavy (non-hydrogen) atoms. The Labute approximate surface area is 146 Å². The third kappa shape index (κ3) is 5.31. The van der Waals surface area contributed by atoms with Crippen molar-refractivity contribution in [2.24, 2.45) is 0 Å². The maximum atomic E-state index is 13.4. The highest BCUT2D eigenvalue weighted by atomic mass is 19.1. The van der Waals surface area contributed by atoms with Gasteiger partial charge in [-0.2, -0.15) is 4.39 Å². The molecule has 0 saturated carbocycles. The topological polar surface area (TPSA) is 77.2 Å². The van der Waals surface area contributed by atoms with Crippen molar-refractivity contribution >= 4 is 17.4 Å². The molecule has 0 atom stereocenters. The zero-order valence-corrected chi connectivity index (χ0v) is 14.4. The van der Waals surface area contributed by atoms with Gasteiger partial charge in [-0.3, -0.25) is 4.79 Å². The molecular weight excluding hydrogens is 321 g/mol. The van der Waals surface area contributed by atoms with E-state index in [2.05, 4.69) is 23.3 Å². The number of benzene rings is 1. The number of hydrogen-bond donors (Lipinski definition) is 2. The first-order valence-electron chi connectivity index (χ1n) is 8.13. The van der Waals surface area contributed by atoms with E-state index in [9.17, 15) is 9.18 Å². The average molecular weight is 343 g/mol. The molecular formula is C19H22FN3O2. The minimum absolute atomic E-state index is 0.132. The van der Waals surface area contributed by atoms with Crippen molar-refractivity contribution in [2.45, 2.75) is 26.7 Å². The molecule has 0 aliphatic heterocycles. The molecule has 1 amide bonds. The van der Waals surface area contributed by atoms with Crippen LogP contribution in [-0.2, 0) is 0 Å². The number of halogens is 1. The Balaban J connectivity index is 2.04. The molecule has 0 bridgehead atoms. The van der Waals surface area contributed by atoms with Gasteiger partial charge in [0.1, 0.15) is 18.2 Å². The molecule has 1 heterocycles. The van der Waals surface area contributed by atoms with Crippen molar-refractivity contribution in [1.82, 2.24) is 4.98 Å². The lowest BCUT2D eigenvalue weighted by molar-refractivity contribution is 0.102. The van der Waals surface area contributed by atoms with Gasteiger partial charge in [-0.25, -0.2) is 4.98 Å². The quantitative estimate of drug-likeness (QED) is 0.586. The van der Waals surface area contributed by atoms with Crippen LogP contribution in [0.2, 0.25) is 0 Å². The highest BCUT2D eigenvalue weighted by Gasteiger charge is 2.14. The highest BCUT2D eigenvalue weighted by Crippen LogP contribution is 2.20. The number of anilines is 2. The van der Waals surface area contributed by atoms with E-state index in [1.807, 2.05) is 6.08 Å². The molecule has 3 N–H and O–H groups in total. The number of carbonyl (C=O) groups is 1. The molecule has 2 rings (SSSR count). The number of allylic oxidation sites excluding steroid dienone is 1. The maximum absolute atomic E-state index is 13.4. The predicted octanol–water partition coefficient (Wildman–Crippen LogP) is 4.10. The Hall–Kier alpha value is -2.89. The van der Waals surface area contributed by atoms with E-state index >= 15 is 0 Å². The number of ether oxygens (including phenoxy) is 1. The monoisotopic (exact) mass is 343 g/mol. The van der Waals surface area contributed by atoms with Gasteiger partial charge < -0.3 is 15.8 Å². The van der Waals surface area contributed by atoms with E-state index < -0.39 is 11.9 Å². The number of nitrogen functional groups attached to an aromatic ring is 1. The lowest BCUT2D eigenvalue weighted by Gasteiger charge is -2.10. The fourth-order valence-corrected chi connectivity index (χ4v) is 2.14. The minimum atomic E-state index is -0.680. The Morgan fingerprint density at radius 1 is 1.36 bits per heavy atom. The molecule has 1 aromatic carbocycles.